The van der Waals surface area contributed by atoms with Gasteiger partial charge in [-0.1, -0.05) is 6.58 Å². The number of aliphatic hydroxyl groups excluding tert-OH is 1. The van der Waals surface area contributed by atoms with Crippen molar-refractivity contribution in [1.82, 2.24) is 0 Å². The monoisotopic (exact) mass is 220 g/mol. The Hall–Kier alpha value is -1.57. The van der Waals surface area contributed by atoms with Crippen LogP contribution in [-0.4, -0.2) is 24.3 Å². The highest BCUT2D eigenvalue weighted by Crippen LogP contribution is 1.92. The van der Waals surface area contributed by atoms with Gasteiger partial charge >= 0.3 is 5.97 Å². The smallest absolute Gasteiger partial charge is 0.333 e. The molecule has 7 heteroatoms. The minimum atomic E-state index is -0.515. The zero-order valence-corrected chi connectivity index (χ0v) is 8.17. The van der Waals surface area contributed by atoms with Crippen molar-refractivity contribution in [2.24, 2.45) is 0 Å². The molecule has 0 saturated carbocycles. The highest BCUT2D eigenvalue weighted by molar-refractivity contribution is 5.86. The van der Waals surface area contributed by atoms with E-state index in [0.717, 1.165) is 6.26 Å². The van der Waals surface area contributed by atoms with Crippen LogP contribution in [0.2, 0.25) is 0 Å². The molecule has 0 aliphatic carbocycles. The number of ether oxygens (including phenoxy) is 1. The van der Waals surface area contributed by atoms with Gasteiger partial charge in [0, 0.05) is 10.6 Å². The molecule has 0 spiro atoms. The average molecular weight is 220 g/mol. The number of aliphatic hydroxyl groups is 1. The first-order valence-corrected chi connectivity index (χ1v) is 3.92. The van der Waals surface area contributed by atoms with Crippen LogP contribution >= 0.6 is 0 Å². The topological polar surface area (TPSA) is 83.5 Å². The third-order valence-electron chi connectivity index (χ3n) is 0.980. The molecule has 0 aromatic carbocycles. The molecule has 86 valence electrons. The minimum Gasteiger partial charge on any atom is -0.512 e. The van der Waals surface area contributed by atoms with Gasteiger partial charge in [-0.05, 0) is 12.0 Å². The van der Waals surface area contributed by atoms with Gasteiger partial charge in [-0.3, -0.25) is 0 Å². The molecular weight excluding hydrogens is 208 g/mol. The molecule has 0 aromatic heterocycles. The SMILES string of the molecule is C=C(C)C(=O)OCCOOOO/C=C\O. The van der Waals surface area contributed by atoms with Gasteiger partial charge in [0.05, 0.1) is 0 Å². The summed E-state index contributed by atoms with van der Waals surface area (Å²) in [5, 5.41) is 16.0. The molecule has 0 radical (unpaired) electrons. The van der Waals surface area contributed by atoms with E-state index in [2.05, 4.69) is 31.2 Å². The maximum Gasteiger partial charge on any atom is 0.333 e. The highest BCUT2D eigenvalue weighted by atomic mass is 17.7. The van der Waals surface area contributed by atoms with E-state index in [-0.39, 0.29) is 13.2 Å². The van der Waals surface area contributed by atoms with Crippen LogP contribution in [0, 0.1) is 0 Å². The summed E-state index contributed by atoms with van der Waals surface area (Å²) in [4.78, 5) is 19.2. The van der Waals surface area contributed by atoms with Gasteiger partial charge in [0.15, 0.2) is 6.26 Å². The van der Waals surface area contributed by atoms with Crippen LogP contribution in [0.4, 0.5) is 0 Å². The number of hydrogen-bond acceptors (Lipinski definition) is 7. The summed E-state index contributed by atoms with van der Waals surface area (Å²) in [5.74, 6) is -0.515. The predicted molar refractivity (Wildman–Crippen MR) is 46.7 cm³/mol. The second-order valence-electron chi connectivity index (χ2n) is 2.26. The van der Waals surface area contributed by atoms with Crippen LogP contribution in [0.3, 0.4) is 0 Å². The lowest BCUT2D eigenvalue weighted by molar-refractivity contribution is -0.621. The van der Waals surface area contributed by atoms with Crippen molar-refractivity contribution in [1.29, 1.82) is 0 Å². The summed E-state index contributed by atoms with van der Waals surface area (Å²) in [6.07, 6.45) is 1.41. The van der Waals surface area contributed by atoms with Crippen LogP contribution in [-0.2, 0) is 29.4 Å². The van der Waals surface area contributed by atoms with Gasteiger partial charge in [-0.25, -0.2) is 4.79 Å². The summed E-state index contributed by atoms with van der Waals surface area (Å²) in [6.45, 7) is 4.86. The molecular formula is C8H12O7. The second-order valence-corrected chi connectivity index (χ2v) is 2.26. The third kappa shape index (κ3) is 8.75. The number of carbonyl (C=O) groups is 1. The minimum absolute atomic E-state index is 0.00904. The van der Waals surface area contributed by atoms with Gasteiger partial charge < -0.3 is 14.7 Å². The molecule has 0 saturated heterocycles. The van der Waals surface area contributed by atoms with Crippen LogP contribution in [0.15, 0.2) is 24.7 Å². The quantitative estimate of drug-likeness (QED) is 0.163. The van der Waals surface area contributed by atoms with E-state index in [9.17, 15) is 4.79 Å². The normalized spacial score (nSPS) is 10.2. The highest BCUT2D eigenvalue weighted by Gasteiger charge is 2.02. The average Bonchev–Trinajstić information content (AvgIpc) is 2.21. The van der Waals surface area contributed by atoms with Crippen molar-refractivity contribution in [2.45, 2.75) is 6.92 Å². The maximum absolute atomic E-state index is 10.8. The van der Waals surface area contributed by atoms with Gasteiger partial charge in [-0.2, -0.15) is 4.89 Å². The molecule has 0 unspecified atom stereocenters. The lowest BCUT2D eigenvalue weighted by Crippen LogP contribution is -2.11. The van der Waals surface area contributed by atoms with Crippen molar-refractivity contribution in [2.75, 3.05) is 13.2 Å². The number of hydrogen-bond donors (Lipinski definition) is 1. The summed E-state index contributed by atoms with van der Waals surface area (Å²) in [7, 11) is 0. The second kappa shape index (κ2) is 9.00. The van der Waals surface area contributed by atoms with E-state index in [4.69, 9.17) is 5.11 Å². The molecule has 0 rings (SSSR count). The summed E-state index contributed by atoms with van der Waals surface area (Å²) in [6, 6.07) is 0. The first-order chi connectivity index (χ1) is 7.18. The van der Waals surface area contributed by atoms with E-state index in [1.54, 1.807) is 0 Å². The molecule has 1 N–H and O–H groups in total. The Morgan fingerprint density at radius 3 is 2.73 bits per heavy atom. The van der Waals surface area contributed by atoms with Crippen molar-refractivity contribution in [3.05, 3.63) is 24.7 Å². The Labute approximate surface area is 86.2 Å². The van der Waals surface area contributed by atoms with Crippen molar-refractivity contribution in [3.63, 3.8) is 0 Å². The molecule has 0 atom stereocenters. The fourth-order valence-corrected chi connectivity index (χ4v) is 0.409. The largest absolute Gasteiger partial charge is 0.512 e. The Balaban J connectivity index is 3.18. The zero-order chi connectivity index (χ0) is 11.5. The Bertz CT molecular complexity index is 223. The molecule has 0 amide bonds. The summed E-state index contributed by atoms with van der Waals surface area (Å²) >= 11 is 0. The van der Waals surface area contributed by atoms with Crippen LogP contribution < -0.4 is 0 Å². The zero-order valence-electron chi connectivity index (χ0n) is 8.17. The van der Waals surface area contributed by atoms with Crippen molar-refractivity contribution >= 4 is 5.97 Å². The van der Waals surface area contributed by atoms with Gasteiger partial charge in [-0.15, -0.1) is 0 Å². The van der Waals surface area contributed by atoms with E-state index >= 15 is 0 Å². The molecule has 0 fully saturated rings. The lowest BCUT2D eigenvalue weighted by atomic mass is 10.4. The van der Waals surface area contributed by atoms with Crippen LogP contribution in [0.1, 0.15) is 6.92 Å². The molecule has 0 bridgehead atoms. The Morgan fingerprint density at radius 2 is 2.13 bits per heavy atom. The Morgan fingerprint density at radius 1 is 1.40 bits per heavy atom. The molecule has 0 heterocycles. The molecule has 0 aliphatic heterocycles. The maximum atomic E-state index is 10.8. The molecule has 0 aromatic rings. The van der Waals surface area contributed by atoms with E-state index in [1.165, 1.54) is 6.92 Å². The summed E-state index contributed by atoms with van der Waals surface area (Å²) in [5.41, 5.74) is 0.295. The van der Waals surface area contributed by atoms with E-state index in [0.29, 0.717) is 11.8 Å². The number of esters is 1. The van der Waals surface area contributed by atoms with Gasteiger partial charge in [0.2, 0.25) is 0 Å². The number of carbonyl (C=O) groups excluding carboxylic acids is 1. The van der Waals surface area contributed by atoms with E-state index < -0.39 is 5.97 Å². The standard InChI is InChI=1S/C8H12O7/c1-7(2)8(10)11-5-6-13-15-14-12-4-3-9/h3-4,9H,1,5-6H2,2H3/b4-3-. The molecule has 7 nitrogen and oxygen atoms in total. The predicted octanol–water partition coefficient (Wildman–Crippen LogP) is 0.946. The number of rotatable bonds is 8. The van der Waals surface area contributed by atoms with Crippen molar-refractivity contribution < 1.29 is 34.5 Å². The molecule has 0 aliphatic rings. The van der Waals surface area contributed by atoms with E-state index in [1.807, 2.05) is 0 Å². The lowest BCUT2D eigenvalue weighted by Gasteiger charge is -2.03. The van der Waals surface area contributed by atoms with Gasteiger partial charge in [0.25, 0.3) is 0 Å². The first kappa shape index (κ1) is 13.4. The summed E-state index contributed by atoms with van der Waals surface area (Å²) < 4.78 is 4.64. The van der Waals surface area contributed by atoms with Gasteiger partial charge in [0.1, 0.15) is 19.5 Å². The third-order valence-corrected chi connectivity index (χ3v) is 0.980. The van der Waals surface area contributed by atoms with Crippen LogP contribution in [0.25, 0.3) is 0 Å². The van der Waals surface area contributed by atoms with Crippen molar-refractivity contribution in [3.8, 4) is 0 Å². The fourth-order valence-electron chi connectivity index (χ4n) is 0.409. The Kier molecular flexibility index (Phi) is 8.06. The molecule has 15 heavy (non-hydrogen) atoms. The fraction of sp³-hybridized carbons (Fsp3) is 0.375. The van der Waals surface area contributed by atoms with Crippen LogP contribution in [0.5, 0.6) is 0 Å². The first-order valence-electron chi connectivity index (χ1n) is 3.92.